The van der Waals surface area contributed by atoms with E-state index in [-0.39, 0.29) is 0 Å². The van der Waals surface area contributed by atoms with Crippen molar-refractivity contribution >= 4 is 28.6 Å². The molecule has 3 heterocycles. The van der Waals surface area contributed by atoms with E-state index in [2.05, 4.69) is 39.0 Å². The van der Waals surface area contributed by atoms with Crippen LogP contribution in [0.2, 0.25) is 5.02 Å². The van der Waals surface area contributed by atoms with Gasteiger partial charge in [0.05, 0.1) is 5.69 Å². The summed E-state index contributed by atoms with van der Waals surface area (Å²) >= 11 is 6.15. The Labute approximate surface area is 168 Å². The Kier molecular flexibility index (Phi) is 4.37. The maximum Gasteiger partial charge on any atom is 0.154 e. The minimum Gasteiger partial charge on any atom is -0.368 e. The first kappa shape index (κ1) is 17.1. The molecule has 0 amide bonds. The highest BCUT2D eigenvalue weighted by atomic mass is 35.5. The van der Waals surface area contributed by atoms with Gasteiger partial charge in [-0.2, -0.15) is 5.10 Å². The summed E-state index contributed by atoms with van der Waals surface area (Å²) in [6.45, 7) is 3.68. The molecular formula is C22H20ClN5. The molecule has 0 saturated carbocycles. The van der Waals surface area contributed by atoms with E-state index in [1.807, 2.05) is 53.3 Å². The molecule has 0 radical (unpaired) electrons. The summed E-state index contributed by atoms with van der Waals surface area (Å²) in [6.07, 6.45) is 3.74. The van der Waals surface area contributed by atoms with Crippen molar-refractivity contribution in [3.8, 4) is 11.3 Å². The predicted molar refractivity (Wildman–Crippen MR) is 114 cm³/mol. The maximum absolute atomic E-state index is 6.15. The van der Waals surface area contributed by atoms with Crippen molar-refractivity contribution in [3.63, 3.8) is 0 Å². The number of halogens is 1. The monoisotopic (exact) mass is 389 g/mol. The number of rotatable bonds is 3. The molecule has 140 valence electrons. The van der Waals surface area contributed by atoms with Gasteiger partial charge in [-0.15, -0.1) is 0 Å². The SMILES string of the molecule is Clc1cccc(N2CCN(c3nccn4nc(-c5ccccc5)cc34)CC2)c1. The number of benzene rings is 2. The van der Waals surface area contributed by atoms with Gasteiger partial charge in [0.25, 0.3) is 0 Å². The number of nitrogens with zero attached hydrogens (tertiary/aromatic N) is 5. The van der Waals surface area contributed by atoms with Crippen LogP contribution in [-0.4, -0.2) is 40.8 Å². The van der Waals surface area contributed by atoms with Gasteiger partial charge in [0, 0.05) is 54.8 Å². The summed E-state index contributed by atoms with van der Waals surface area (Å²) in [5.41, 5.74) is 4.29. The van der Waals surface area contributed by atoms with Crippen LogP contribution in [0.4, 0.5) is 11.5 Å². The lowest BCUT2D eigenvalue weighted by molar-refractivity contribution is 0.647. The van der Waals surface area contributed by atoms with Crippen molar-refractivity contribution < 1.29 is 0 Å². The topological polar surface area (TPSA) is 36.7 Å². The Bertz CT molecular complexity index is 1100. The lowest BCUT2D eigenvalue weighted by atomic mass is 10.1. The van der Waals surface area contributed by atoms with Crippen LogP contribution in [0.1, 0.15) is 0 Å². The fourth-order valence-corrected chi connectivity index (χ4v) is 3.94. The van der Waals surface area contributed by atoms with Gasteiger partial charge < -0.3 is 9.80 Å². The van der Waals surface area contributed by atoms with Crippen molar-refractivity contribution in [2.75, 3.05) is 36.0 Å². The van der Waals surface area contributed by atoms with Crippen LogP contribution in [0.15, 0.2) is 73.1 Å². The molecule has 5 nitrogen and oxygen atoms in total. The molecule has 2 aromatic heterocycles. The molecule has 0 spiro atoms. The molecule has 2 aromatic carbocycles. The average molecular weight is 390 g/mol. The van der Waals surface area contributed by atoms with Crippen molar-refractivity contribution in [1.29, 1.82) is 0 Å². The number of piperazine rings is 1. The van der Waals surface area contributed by atoms with Gasteiger partial charge in [-0.05, 0) is 24.3 Å². The van der Waals surface area contributed by atoms with Crippen LogP contribution in [-0.2, 0) is 0 Å². The summed E-state index contributed by atoms with van der Waals surface area (Å²) < 4.78 is 1.92. The minimum absolute atomic E-state index is 0.777. The minimum atomic E-state index is 0.777. The van der Waals surface area contributed by atoms with Gasteiger partial charge in [-0.1, -0.05) is 48.0 Å². The molecule has 0 N–H and O–H groups in total. The van der Waals surface area contributed by atoms with E-state index in [0.29, 0.717) is 0 Å². The fourth-order valence-electron chi connectivity index (χ4n) is 3.75. The lowest BCUT2D eigenvalue weighted by Gasteiger charge is -2.36. The van der Waals surface area contributed by atoms with E-state index in [9.17, 15) is 0 Å². The van der Waals surface area contributed by atoms with Gasteiger partial charge in [0.1, 0.15) is 5.52 Å². The highest BCUT2D eigenvalue weighted by molar-refractivity contribution is 6.30. The first-order valence-electron chi connectivity index (χ1n) is 9.43. The standard InChI is InChI=1S/C22H20ClN5/c23-18-7-4-8-19(15-18)26-11-13-27(14-12-26)22-21-16-20(17-5-2-1-3-6-17)25-28(21)10-9-24-22/h1-10,15-16H,11-14H2. The molecular weight excluding hydrogens is 370 g/mol. The number of fused-ring (bicyclic) bond motifs is 1. The number of aromatic nitrogens is 3. The normalized spacial score (nSPS) is 14.6. The number of hydrogen-bond donors (Lipinski definition) is 0. The zero-order valence-corrected chi connectivity index (χ0v) is 16.1. The Morgan fingerprint density at radius 3 is 2.39 bits per heavy atom. The van der Waals surface area contributed by atoms with Crippen LogP contribution < -0.4 is 9.80 Å². The van der Waals surface area contributed by atoms with Crippen LogP contribution in [0.25, 0.3) is 16.8 Å². The van der Waals surface area contributed by atoms with Crippen molar-refractivity contribution in [1.82, 2.24) is 14.6 Å². The summed E-state index contributed by atoms with van der Waals surface area (Å²) in [5.74, 6) is 0.989. The smallest absolute Gasteiger partial charge is 0.154 e. The molecule has 1 saturated heterocycles. The van der Waals surface area contributed by atoms with Crippen molar-refractivity contribution in [2.24, 2.45) is 0 Å². The van der Waals surface area contributed by atoms with Gasteiger partial charge in [-0.25, -0.2) is 9.50 Å². The first-order valence-corrected chi connectivity index (χ1v) is 9.81. The van der Waals surface area contributed by atoms with Crippen molar-refractivity contribution in [2.45, 2.75) is 0 Å². The van der Waals surface area contributed by atoms with Gasteiger partial charge >= 0.3 is 0 Å². The Hall–Kier alpha value is -3.05. The zero-order valence-electron chi connectivity index (χ0n) is 15.4. The third-order valence-corrected chi connectivity index (χ3v) is 5.43. The molecule has 0 unspecified atom stereocenters. The molecule has 0 bridgehead atoms. The third-order valence-electron chi connectivity index (χ3n) is 5.19. The Balaban J connectivity index is 1.40. The second-order valence-electron chi connectivity index (χ2n) is 6.93. The van der Waals surface area contributed by atoms with Gasteiger partial charge in [-0.3, -0.25) is 0 Å². The maximum atomic E-state index is 6.15. The molecule has 4 aromatic rings. The van der Waals surface area contributed by atoms with E-state index >= 15 is 0 Å². The highest BCUT2D eigenvalue weighted by Gasteiger charge is 2.21. The Morgan fingerprint density at radius 2 is 1.61 bits per heavy atom. The molecule has 6 heteroatoms. The largest absolute Gasteiger partial charge is 0.368 e. The van der Waals surface area contributed by atoms with Crippen molar-refractivity contribution in [3.05, 3.63) is 78.1 Å². The summed E-state index contributed by atoms with van der Waals surface area (Å²) in [7, 11) is 0. The molecule has 1 aliphatic heterocycles. The van der Waals surface area contributed by atoms with E-state index < -0.39 is 0 Å². The highest BCUT2D eigenvalue weighted by Crippen LogP contribution is 2.27. The van der Waals surface area contributed by atoms with Crippen LogP contribution in [0.3, 0.4) is 0 Å². The predicted octanol–water partition coefficient (Wildman–Crippen LogP) is 4.38. The van der Waals surface area contributed by atoms with Gasteiger partial charge in [0.15, 0.2) is 5.82 Å². The number of hydrogen-bond acceptors (Lipinski definition) is 4. The first-order chi connectivity index (χ1) is 13.8. The molecule has 0 atom stereocenters. The van der Waals surface area contributed by atoms with E-state index in [4.69, 9.17) is 16.7 Å². The van der Waals surface area contributed by atoms with Gasteiger partial charge in [0.2, 0.25) is 0 Å². The Morgan fingerprint density at radius 1 is 0.821 bits per heavy atom. The van der Waals surface area contributed by atoms with E-state index in [1.54, 1.807) is 0 Å². The van der Waals surface area contributed by atoms with E-state index in [1.165, 1.54) is 5.69 Å². The zero-order chi connectivity index (χ0) is 18.9. The molecule has 1 fully saturated rings. The summed E-state index contributed by atoms with van der Waals surface area (Å²) in [5, 5.41) is 5.51. The van der Waals surface area contributed by atoms with Crippen LogP contribution >= 0.6 is 11.6 Å². The summed E-state index contributed by atoms with van der Waals surface area (Å²) in [6, 6.07) is 20.4. The summed E-state index contributed by atoms with van der Waals surface area (Å²) in [4.78, 5) is 9.38. The van der Waals surface area contributed by atoms with E-state index in [0.717, 1.165) is 53.8 Å². The van der Waals surface area contributed by atoms with Crippen LogP contribution in [0, 0.1) is 0 Å². The number of anilines is 2. The molecule has 28 heavy (non-hydrogen) atoms. The quantitative estimate of drug-likeness (QED) is 0.521. The lowest BCUT2D eigenvalue weighted by Crippen LogP contribution is -2.47. The molecule has 5 rings (SSSR count). The average Bonchev–Trinajstić information content (AvgIpc) is 3.19. The fraction of sp³-hybridized carbons (Fsp3) is 0.182. The second kappa shape index (κ2) is 7.17. The van der Waals surface area contributed by atoms with Crippen LogP contribution in [0.5, 0.6) is 0 Å². The molecule has 0 aliphatic carbocycles. The second-order valence-corrected chi connectivity index (χ2v) is 7.37. The molecule has 1 aliphatic rings. The third kappa shape index (κ3) is 3.18.